The molecule has 0 heterocycles. The molecule has 3 nitrogen and oxygen atoms in total. The van der Waals surface area contributed by atoms with Gasteiger partial charge in [-0.15, -0.1) is 0 Å². The molecule has 2 aliphatic carbocycles. The molecular formula is C31H48O3. The van der Waals surface area contributed by atoms with Gasteiger partial charge in [0.15, 0.2) is 5.78 Å². The highest BCUT2D eigenvalue weighted by atomic mass is 16.5. The van der Waals surface area contributed by atoms with Crippen LogP contribution in [0.25, 0.3) is 0 Å². The molecule has 0 radical (unpaired) electrons. The van der Waals surface area contributed by atoms with Crippen LogP contribution in [0.5, 0.6) is 5.75 Å². The molecule has 0 aliphatic heterocycles. The molecular weight excluding hydrogens is 420 g/mol. The smallest absolute Gasteiger partial charge is 0.151 e. The topological polar surface area (TPSA) is 43.4 Å². The summed E-state index contributed by atoms with van der Waals surface area (Å²) in [7, 11) is 0. The molecule has 34 heavy (non-hydrogen) atoms. The van der Waals surface area contributed by atoms with E-state index in [1.165, 1.54) is 51.4 Å². The first-order valence-electron chi connectivity index (χ1n) is 14.4. The normalized spacial score (nSPS) is 22.5. The van der Waals surface area contributed by atoms with E-state index in [0.29, 0.717) is 18.3 Å². The van der Waals surface area contributed by atoms with E-state index in [1.807, 2.05) is 12.1 Å². The van der Waals surface area contributed by atoms with Gasteiger partial charge in [0, 0.05) is 12.3 Å². The maximum absolute atomic E-state index is 13.8. The number of hydrogen-bond donors (Lipinski definition) is 0. The minimum absolute atomic E-state index is 0.135. The quantitative estimate of drug-likeness (QED) is 0.203. The second-order valence-electron chi connectivity index (χ2n) is 10.9. The number of carbonyl (C=O) groups is 2. The summed E-state index contributed by atoms with van der Waals surface area (Å²) in [5, 5.41) is 0. The molecule has 2 fully saturated rings. The summed E-state index contributed by atoms with van der Waals surface area (Å²) in [4.78, 5) is 26.8. The second kappa shape index (κ2) is 14.7. The Balaban J connectivity index is 1.62. The Bertz CT molecular complexity index is 732. The van der Waals surface area contributed by atoms with Gasteiger partial charge in [0.2, 0.25) is 0 Å². The highest BCUT2D eigenvalue weighted by Gasteiger charge is 2.40. The molecule has 0 spiro atoms. The van der Waals surface area contributed by atoms with E-state index < -0.39 is 0 Å². The van der Waals surface area contributed by atoms with E-state index in [0.717, 1.165) is 62.9 Å². The fraction of sp³-hybridized carbons (Fsp3) is 0.742. The van der Waals surface area contributed by atoms with Gasteiger partial charge in [0.05, 0.1) is 12.5 Å². The number of benzene rings is 1. The molecule has 3 unspecified atom stereocenters. The molecule has 3 rings (SSSR count). The SMILES string of the molecule is CCCCCCCCOc1ccc(C(C(=O)C2CCC(CCC)CC2=O)C2CCCCC2)cc1. The Kier molecular flexibility index (Phi) is 11.6. The summed E-state index contributed by atoms with van der Waals surface area (Å²) in [5.74, 6) is 1.63. The average Bonchev–Trinajstić information content (AvgIpc) is 2.85. The summed E-state index contributed by atoms with van der Waals surface area (Å²) < 4.78 is 5.98. The van der Waals surface area contributed by atoms with Gasteiger partial charge in [-0.1, -0.05) is 90.2 Å². The van der Waals surface area contributed by atoms with Crippen molar-refractivity contribution < 1.29 is 14.3 Å². The van der Waals surface area contributed by atoms with Crippen LogP contribution in [-0.2, 0) is 9.59 Å². The summed E-state index contributed by atoms with van der Waals surface area (Å²) in [6.45, 7) is 5.18. The van der Waals surface area contributed by atoms with Crippen molar-refractivity contribution in [1.82, 2.24) is 0 Å². The van der Waals surface area contributed by atoms with Crippen molar-refractivity contribution in [2.75, 3.05) is 6.61 Å². The maximum atomic E-state index is 13.8. The zero-order chi connectivity index (χ0) is 24.2. The van der Waals surface area contributed by atoms with E-state index in [2.05, 4.69) is 26.0 Å². The first-order chi connectivity index (χ1) is 16.6. The predicted octanol–water partition coefficient (Wildman–Crippen LogP) is 8.44. The monoisotopic (exact) mass is 468 g/mol. The average molecular weight is 469 g/mol. The molecule has 0 saturated heterocycles. The molecule has 3 heteroatoms. The van der Waals surface area contributed by atoms with Gasteiger partial charge >= 0.3 is 0 Å². The zero-order valence-electron chi connectivity index (χ0n) is 21.9. The van der Waals surface area contributed by atoms with Gasteiger partial charge in [-0.3, -0.25) is 9.59 Å². The van der Waals surface area contributed by atoms with Crippen LogP contribution in [0.3, 0.4) is 0 Å². The second-order valence-corrected chi connectivity index (χ2v) is 10.9. The summed E-state index contributed by atoms with van der Waals surface area (Å²) >= 11 is 0. The highest BCUT2D eigenvalue weighted by Crippen LogP contribution is 2.41. The van der Waals surface area contributed by atoms with Gasteiger partial charge in [-0.05, 0) is 61.6 Å². The van der Waals surface area contributed by atoms with Gasteiger partial charge in [0.1, 0.15) is 11.5 Å². The number of ether oxygens (including phenoxy) is 1. The van der Waals surface area contributed by atoms with Crippen molar-refractivity contribution >= 4 is 11.6 Å². The van der Waals surface area contributed by atoms with Gasteiger partial charge in [-0.25, -0.2) is 0 Å². The first kappa shape index (κ1) is 27.0. The van der Waals surface area contributed by atoms with E-state index in [9.17, 15) is 9.59 Å². The van der Waals surface area contributed by atoms with Crippen LogP contribution in [0.4, 0.5) is 0 Å². The molecule has 0 amide bonds. The third-order valence-electron chi connectivity index (χ3n) is 8.22. The Labute approximate surface area is 208 Å². The van der Waals surface area contributed by atoms with Crippen LogP contribution < -0.4 is 4.74 Å². The van der Waals surface area contributed by atoms with Crippen molar-refractivity contribution in [3.63, 3.8) is 0 Å². The van der Waals surface area contributed by atoms with Crippen molar-refractivity contribution in [3.05, 3.63) is 29.8 Å². The molecule has 0 N–H and O–H groups in total. The van der Waals surface area contributed by atoms with Crippen molar-refractivity contribution in [2.45, 2.75) is 122 Å². The molecule has 1 aromatic carbocycles. The molecule has 0 aromatic heterocycles. The lowest BCUT2D eigenvalue weighted by Crippen LogP contribution is -2.36. The minimum Gasteiger partial charge on any atom is -0.494 e. The van der Waals surface area contributed by atoms with E-state index >= 15 is 0 Å². The number of rotatable bonds is 14. The molecule has 3 atom stereocenters. The number of unbranched alkanes of at least 4 members (excludes halogenated alkanes) is 5. The van der Waals surface area contributed by atoms with Gasteiger partial charge in [0.25, 0.3) is 0 Å². The lowest BCUT2D eigenvalue weighted by atomic mass is 9.68. The van der Waals surface area contributed by atoms with E-state index in [4.69, 9.17) is 4.74 Å². The maximum Gasteiger partial charge on any atom is 0.151 e. The molecule has 190 valence electrons. The fourth-order valence-electron chi connectivity index (χ4n) is 6.24. The lowest BCUT2D eigenvalue weighted by Gasteiger charge is -2.34. The Hall–Kier alpha value is -1.64. The van der Waals surface area contributed by atoms with Crippen LogP contribution >= 0.6 is 0 Å². The van der Waals surface area contributed by atoms with Crippen LogP contribution in [0, 0.1) is 17.8 Å². The third-order valence-corrected chi connectivity index (χ3v) is 8.22. The minimum atomic E-state index is -0.385. The fourth-order valence-corrected chi connectivity index (χ4v) is 6.24. The van der Waals surface area contributed by atoms with E-state index in [1.54, 1.807) is 0 Å². The van der Waals surface area contributed by atoms with Crippen molar-refractivity contribution in [3.8, 4) is 5.75 Å². The lowest BCUT2D eigenvalue weighted by molar-refractivity contribution is -0.137. The van der Waals surface area contributed by atoms with Crippen molar-refractivity contribution in [1.29, 1.82) is 0 Å². The van der Waals surface area contributed by atoms with Crippen molar-refractivity contribution in [2.24, 2.45) is 17.8 Å². The predicted molar refractivity (Wildman–Crippen MR) is 140 cm³/mol. The summed E-state index contributed by atoms with van der Waals surface area (Å²) in [6.07, 6.45) is 18.0. The Morgan fingerprint density at radius 1 is 0.882 bits per heavy atom. The summed E-state index contributed by atoms with van der Waals surface area (Å²) in [6, 6.07) is 8.27. The molecule has 0 bridgehead atoms. The van der Waals surface area contributed by atoms with E-state index in [-0.39, 0.29) is 23.4 Å². The number of ketones is 2. The third kappa shape index (κ3) is 7.95. The number of carbonyl (C=O) groups excluding carboxylic acids is 2. The van der Waals surface area contributed by atoms with Gasteiger partial charge < -0.3 is 4.74 Å². The van der Waals surface area contributed by atoms with Crippen LogP contribution in [0.1, 0.15) is 128 Å². The number of Topliss-reactive ketones (excluding diaryl/α,β-unsaturated/α-hetero) is 2. The standard InChI is InChI=1S/C31H48O3/c1-3-5-6-7-8-12-22-34-27-19-17-26(18-20-27)30(25-14-10-9-11-15-25)31(33)28-21-16-24(13-4-2)23-29(28)32/h17-20,24-25,28,30H,3-16,21-23H2,1-2H3. The largest absolute Gasteiger partial charge is 0.494 e. The van der Waals surface area contributed by atoms with Crippen LogP contribution in [0.15, 0.2) is 24.3 Å². The molecule has 2 aliphatic rings. The Morgan fingerprint density at radius 2 is 1.59 bits per heavy atom. The zero-order valence-corrected chi connectivity index (χ0v) is 21.9. The summed E-state index contributed by atoms with van der Waals surface area (Å²) in [5.41, 5.74) is 1.09. The first-order valence-corrected chi connectivity index (χ1v) is 14.4. The molecule has 2 saturated carbocycles. The highest BCUT2D eigenvalue weighted by molar-refractivity contribution is 6.05. The van der Waals surface area contributed by atoms with Gasteiger partial charge in [-0.2, -0.15) is 0 Å². The number of hydrogen-bond acceptors (Lipinski definition) is 3. The van der Waals surface area contributed by atoms with Crippen LogP contribution in [0.2, 0.25) is 0 Å². The molecule has 1 aromatic rings. The Morgan fingerprint density at radius 3 is 2.26 bits per heavy atom. The van der Waals surface area contributed by atoms with Crippen LogP contribution in [-0.4, -0.2) is 18.2 Å².